The summed E-state index contributed by atoms with van der Waals surface area (Å²) in [6.07, 6.45) is 0.273. The third-order valence-electron chi connectivity index (χ3n) is 3.22. The quantitative estimate of drug-likeness (QED) is 0.488. The number of carbonyl (C=O) groups is 1. The molecule has 0 saturated heterocycles. The van der Waals surface area contributed by atoms with E-state index in [1.807, 2.05) is 0 Å². The highest BCUT2D eigenvalue weighted by atomic mass is 16.6. The predicted molar refractivity (Wildman–Crippen MR) is 77.3 cm³/mol. The number of rotatable bonds is 6. The van der Waals surface area contributed by atoms with Crippen LogP contribution in [0.25, 0.3) is 0 Å². The van der Waals surface area contributed by atoms with Gasteiger partial charge < -0.3 is 15.2 Å². The van der Waals surface area contributed by atoms with Crippen molar-refractivity contribution in [2.45, 2.75) is 32.7 Å². The van der Waals surface area contributed by atoms with Gasteiger partial charge in [-0.1, -0.05) is 0 Å². The smallest absolute Gasteiger partial charge is 0.325 e. The second kappa shape index (κ2) is 6.53. The van der Waals surface area contributed by atoms with Crippen LogP contribution in [0.4, 0.5) is 5.69 Å². The number of ether oxygens (including phenoxy) is 2. The first kappa shape index (κ1) is 16.9. The van der Waals surface area contributed by atoms with Crippen LogP contribution in [0.2, 0.25) is 0 Å². The number of methoxy groups -OCH3 is 1. The summed E-state index contributed by atoms with van der Waals surface area (Å²) < 4.78 is 10.2. The van der Waals surface area contributed by atoms with Gasteiger partial charge in [0.05, 0.1) is 18.6 Å². The molecule has 0 aliphatic rings. The lowest BCUT2D eigenvalue weighted by Gasteiger charge is -2.21. The highest BCUT2D eigenvalue weighted by Crippen LogP contribution is 2.28. The first-order chi connectivity index (χ1) is 9.69. The van der Waals surface area contributed by atoms with Gasteiger partial charge in [-0.05, 0) is 32.4 Å². The Labute approximate surface area is 123 Å². The third-order valence-corrected chi connectivity index (χ3v) is 3.22. The lowest BCUT2D eigenvalue weighted by atomic mass is 10.0. The van der Waals surface area contributed by atoms with Gasteiger partial charge >= 0.3 is 5.97 Å². The lowest BCUT2D eigenvalue weighted by molar-refractivity contribution is -0.385. The molecule has 0 saturated carbocycles. The molecular weight excluding hydrogens is 276 g/mol. The van der Waals surface area contributed by atoms with Crippen LogP contribution in [-0.4, -0.2) is 30.1 Å². The van der Waals surface area contributed by atoms with Gasteiger partial charge in [0.15, 0.2) is 0 Å². The molecule has 116 valence electrons. The Morgan fingerprint density at radius 2 is 2.00 bits per heavy atom. The molecule has 0 aliphatic carbocycles. The largest absolute Gasteiger partial charge is 0.493 e. The van der Waals surface area contributed by atoms with Crippen molar-refractivity contribution in [3.8, 4) is 5.75 Å². The van der Waals surface area contributed by atoms with Crippen LogP contribution in [0.15, 0.2) is 12.1 Å². The molecule has 0 amide bonds. The summed E-state index contributed by atoms with van der Waals surface area (Å²) in [7, 11) is 1.28. The number of nitrogens with zero attached hydrogens (tertiary/aromatic N) is 1. The zero-order valence-corrected chi connectivity index (χ0v) is 12.6. The van der Waals surface area contributed by atoms with E-state index in [1.54, 1.807) is 26.8 Å². The molecule has 0 aliphatic heterocycles. The summed E-state index contributed by atoms with van der Waals surface area (Å²) in [4.78, 5) is 21.8. The molecule has 0 radical (unpaired) electrons. The van der Waals surface area contributed by atoms with Crippen molar-refractivity contribution in [3.63, 3.8) is 0 Å². The second-order valence-electron chi connectivity index (χ2n) is 5.17. The number of hydrogen-bond donors (Lipinski definition) is 1. The number of nitro benzene ring substituents is 1. The second-order valence-corrected chi connectivity index (χ2v) is 5.17. The normalized spacial score (nSPS) is 13.4. The van der Waals surface area contributed by atoms with Crippen LogP contribution in [0.5, 0.6) is 5.75 Å². The van der Waals surface area contributed by atoms with Crippen LogP contribution in [0, 0.1) is 24.0 Å². The Kier molecular flexibility index (Phi) is 5.26. The van der Waals surface area contributed by atoms with Crippen molar-refractivity contribution in [2.24, 2.45) is 5.73 Å². The average Bonchev–Trinajstić information content (AvgIpc) is 2.40. The van der Waals surface area contributed by atoms with Crippen molar-refractivity contribution in [1.82, 2.24) is 0 Å². The standard InChI is InChI=1S/C14H20N2O5/c1-9-8-12(10(2)7-11(9)16(18)19)21-6-5-14(3,15)13(17)20-4/h7-8H,5-6,15H2,1-4H3. The molecule has 1 atom stereocenters. The SMILES string of the molecule is COC(=O)C(C)(N)CCOc1cc(C)c([N+](=O)[O-])cc1C. The number of benzene rings is 1. The highest BCUT2D eigenvalue weighted by Gasteiger charge is 2.29. The molecule has 0 fully saturated rings. The fourth-order valence-electron chi connectivity index (χ4n) is 1.83. The van der Waals surface area contributed by atoms with E-state index in [2.05, 4.69) is 4.74 Å². The first-order valence-corrected chi connectivity index (χ1v) is 6.44. The van der Waals surface area contributed by atoms with Crippen molar-refractivity contribution in [2.75, 3.05) is 13.7 Å². The summed E-state index contributed by atoms with van der Waals surface area (Å²) in [5.41, 5.74) is 5.92. The minimum atomic E-state index is -1.13. The zero-order valence-electron chi connectivity index (χ0n) is 12.6. The summed E-state index contributed by atoms with van der Waals surface area (Å²) >= 11 is 0. The number of hydrogen-bond acceptors (Lipinski definition) is 6. The Morgan fingerprint density at radius 1 is 1.38 bits per heavy atom. The van der Waals surface area contributed by atoms with Crippen molar-refractivity contribution >= 4 is 11.7 Å². The molecule has 2 N–H and O–H groups in total. The summed E-state index contributed by atoms with van der Waals surface area (Å²) in [6.45, 7) is 5.14. The first-order valence-electron chi connectivity index (χ1n) is 6.44. The van der Waals surface area contributed by atoms with E-state index in [0.29, 0.717) is 16.9 Å². The number of nitrogens with two attached hydrogens (primary N) is 1. The molecule has 0 aromatic heterocycles. The number of nitro groups is 1. The van der Waals surface area contributed by atoms with E-state index in [9.17, 15) is 14.9 Å². The zero-order chi connectivity index (χ0) is 16.2. The molecule has 7 heteroatoms. The molecular formula is C14H20N2O5. The number of esters is 1. The fourth-order valence-corrected chi connectivity index (χ4v) is 1.83. The van der Waals surface area contributed by atoms with E-state index in [-0.39, 0.29) is 18.7 Å². The predicted octanol–water partition coefficient (Wildman–Crippen LogP) is 1.87. The van der Waals surface area contributed by atoms with Gasteiger partial charge in [-0.2, -0.15) is 0 Å². The Hall–Kier alpha value is -2.15. The van der Waals surface area contributed by atoms with Crippen molar-refractivity contribution < 1.29 is 19.2 Å². The molecule has 1 aromatic carbocycles. The van der Waals surface area contributed by atoms with Gasteiger partial charge in [0.25, 0.3) is 5.69 Å². The van der Waals surface area contributed by atoms with E-state index >= 15 is 0 Å². The molecule has 0 spiro atoms. The molecule has 7 nitrogen and oxygen atoms in total. The van der Waals surface area contributed by atoms with Crippen LogP contribution >= 0.6 is 0 Å². The van der Waals surface area contributed by atoms with Crippen molar-refractivity contribution in [1.29, 1.82) is 0 Å². The lowest BCUT2D eigenvalue weighted by Crippen LogP contribution is -2.46. The Balaban J connectivity index is 2.75. The van der Waals surface area contributed by atoms with Crippen LogP contribution < -0.4 is 10.5 Å². The van der Waals surface area contributed by atoms with Gasteiger partial charge in [0, 0.05) is 18.1 Å². The molecule has 0 bridgehead atoms. The average molecular weight is 296 g/mol. The maximum absolute atomic E-state index is 11.4. The van der Waals surface area contributed by atoms with E-state index in [1.165, 1.54) is 13.2 Å². The molecule has 21 heavy (non-hydrogen) atoms. The van der Waals surface area contributed by atoms with Crippen LogP contribution in [0.1, 0.15) is 24.5 Å². The molecule has 1 aromatic rings. The topological polar surface area (TPSA) is 105 Å². The summed E-state index contributed by atoms with van der Waals surface area (Å²) in [5.74, 6) is 0.0291. The number of carbonyl (C=O) groups excluding carboxylic acids is 1. The van der Waals surface area contributed by atoms with E-state index in [0.717, 1.165) is 0 Å². The van der Waals surface area contributed by atoms with Gasteiger partial charge in [0.2, 0.25) is 0 Å². The Bertz CT molecular complexity index is 555. The number of aryl methyl sites for hydroxylation is 2. The summed E-state index contributed by atoms with van der Waals surface area (Å²) in [6, 6.07) is 3.08. The molecule has 0 heterocycles. The van der Waals surface area contributed by atoms with Gasteiger partial charge in [0.1, 0.15) is 11.3 Å². The Morgan fingerprint density at radius 3 is 2.52 bits per heavy atom. The third kappa shape index (κ3) is 4.16. The maximum Gasteiger partial charge on any atom is 0.325 e. The molecule has 1 unspecified atom stereocenters. The monoisotopic (exact) mass is 296 g/mol. The van der Waals surface area contributed by atoms with Gasteiger partial charge in [-0.25, -0.2) is 0 Å². The van der Waals surface area contributed by atoms with Crippen LogP contribution in [0.3, 0.4) is 0 Å². The van der Waals surface area contributed by atoms with Crippen molar-refractivity contribution in [3.05, 3.63) is 33.4 Å². The van der Waals surface area contributed by atoms with E-state index in [4.69, 9.17) is 10.5 Å². The van der Waals surface area contributed by atoms with Gasteiger partial charge in [-0.3, -0.25) is 14.9 Å². The minimum absolute atomic E-state index is 0.0538. The maximum atomic E-state index is 11.4. The van der Waals surface area contributed by atoms with E-state index < -0.39 is 16.4 Å². The highest BCUT2D eigenvalue weighted by molar-refractivity contribution is 5.79. The minimum Gasteiger partial charge on any atom is -0.493 e. The summed E-state index contributed by atoms with van der Waals surface area (Å²) in [5, 5.41) is 10.8. The fraction of sp³-hybridized carbons (Fsp3) is 0.500. The van der Waals surface area contributed by atoms with Gasteiger partial charge in [-0.15, -0.1) is 0 Å². The van der Waals surface area contributed by atoms with Crippen LogP contribution in [-0.2, 0) is 9.53 Å². The molecule has 1 rings (SSSR count).